The third kappa shape index (κ3) is 4.15. The zero-order valence-electron chi connectivity index (χ0n) is 24.1. The van der Waals surface area contributed by atoms with E-state index in [1.807, 2.05) is 0 Å². The summed E-state index contributed by atoms with van der Waals surface area (Å²) in [5, 5.41) is 18.8. The summed E-state index contributed by atoms with van der Waals surface area (Å²) < 4.78 is 7.92. The Morgan fingerprint density at radius 1 is 1.07 bits per heavy atom. The number of carbonyl (C=O) groups is 2. The molecule has 2 aliphatic heterocycles. The van der Waals surface area contributed by atoms with E-state index in [0.29, 0.717) is 64.8 Å². The number of nitrogens with two attached hydrogens (primary N) is 1. The van der Waals surface area contributed by atoms with E-state index in [2.05, 4.69) is 6.92 Å². The van der Waals surface area contributed by atoms with Gasteiger partial charge in [-0.25, -0.2) is 9.59 Å². The van der Waals surface area contributed by atoms with Gasteiger partial charge in [0.25, 0.3) is 11.5 Å². The molecule has 12 nitrogen and oxygen atoms in total. The number of amides is 3. The van der Waals surface area contributed by atoms with Crippen LogP contribution < -0.4 is 17.0 Å². The lowest BCUT2D eigenvalue weighted by atomic mass is 9.51. The first-order chi connectivity index (χ1) is 19.5. The van der Waals surface area contributed by atoms with Crippen LogP contribution in [0.25, 0.3) is 0 Å². The number of nitrogens with one attached hydrogen (secondary N) is 1. The fraction of sp³-hybridized carbons (Fsp3) is 0.759. The van der Waals surface area contributed by atoms with Crippen molar-refractivity contribution in [3.05, 3.63) is 26.4 Å². The van der Waals surface area contributed by atoms with Gasteiger partial charge in [-0.05, 0) is 69.1 Å². The molecule has 41 heavy (non-hydrogen) atoms. The molecule has 6 rings (SSSR count). The molecule has 12 heteroatoms. The normalized spacial score (nSPS) is 31.2. The van der Waals surface area contributed by atoms with Crippen LogP contribution in [0.3, 0.4) is 0 Å². The van der Waals surface area contributed by atoms with Gasteiger partial charge in [0.2, 0.25) is 5.88 Å². The van der Waals surface area contributed by atoms with E-state index in [-0.39, 0.29) is 40.3 Å². The van der Waals surface area contributed by atoms with Crippen LogP contribution in [0.1, 0.15) is 89.2 Å². The summed E-state index contributed by atoms with van der Waals surface area (Å²) in [5.74, 6) is -0.974. The minimum Gasteiger partial charge on any atom is -0.494 e. The third-order valence-corrected chi connectivity index (χ3v) is 11.0. The van der Waals surface area contributed by atoms with Gasteiger partial charge in [0.05, 0.1) is 13.2 Å². The van der Waals surface area contributed by atoms with Gasteiger partial charge in [-0.2, -0.15) is 0 Å². The van der Waals surface area contributed by atoms with Gasteiger partial charge in [0.15, 0.2) is 0 Å². The van der Waals surface area contributed by atoms with Crippen molar-refractivity contribution in [3.63, 3.8) is 0 Å². The van der Waals surface area contributed by atoms with E-state index in [4.69, 9.17) is 15.9 Å². The molecule has 0 aromatic carbocycles. The number of aromatic nitrogens is 2. The minimum atomic E-state index is -0.832. The number of imide groups is 1. The standard InChI is InChI=1S/C29H42N6O6/c1-3-27(16-41-17-27)15-34-25(39)32(2)24(38)29(34)13-28(14-29)10-8-19(9-11-28)35-23(37)20(21(30)31)22(36)33(26(35)40)12-18-6-4-5-7-18/h18-19,36H,3-17H2,1-2H3,(H3,30,31). The molecule has 1 aromatic heterocycles. The molecular formula is C29H42N6O6. The predicted molar refractivity (Wildman–Crippen MR) is 150 cm³/mol. The highest BCUT2D eigenvalue weighted by Crippen LogP contribution is 2.62. The summed E-state index contributed by atoms with van der Waals surface area (Å²) in [6, 6.07) is -0.630. The molecule has 1 aromatic rings. The lowest BCUT2D eigenvalue weighted by Crippen LogP contribution is -2.66. The lowest BCUT2D eigenvalue weighted by Gasteiger charge is -2.59. The number of rotatable bonds is 7. The second-order valence-electron chi connectivity index (χ2n) is 13.5. The summed E-state index contributed by atoms with van der Waals surface area (Å²) in [6.45, 7) is 4.09. The Morgan fingerprint density at radius 2 is 1.71 bits per heavy atom. The summed E-state index contributed by atoms with van der Waals surface area (Å²) in [7, 11) is 1.56. The molecule has 0 atom stereocenters. The Morgan fingerprint density at radius 3 is 2.24 bits per heavy atom. The highest BCUT2D eigenvalue weighted by molar-refractivity contribution is 6.07. The van der Waals surface area contributed by atoms with Crippen LogP contribution in [0.4, 0.5) is 4.79 Å². The van der Waals surface area contributed by atoms with E-state index in [1.165, 1.54) is 14.0 Å². The Hall–Kier alpha value is -3.15. The number of urea groups is 1. The second-order valence-corrected chi connectivity index (χ2v) is 13.5. The predicted octanol–water partition coefficient (Wildman–Crippen LogP) is 2.14. The number of likely N-dealkylation sites (N-methyl/N-ethyl adjacent to an activating group) is 1. The molecule has 224 valence electrons. The van der Waals surface area contributed by atoms with Crippen LogP contribution in [0.5, 0.6) is 5.88 Å². The first-order valence-electron chi connectivity index (χ1n) is 15.1. The van der Waals surface area contributed by atoms with Crippen LogP contribution in [0.2, 0.25) is 0 Å². The van der Waals surface area contributed by atoms with Gasteiger partial charge in [0, 0.05) is 31.6 Å². The molecule has 3 saturated carbocycles. The molecule has 3 aliphatic carbocycles. The monoisotopic (exact) mass is 570 g/mol. The number of ether oxygens (including phenoxy) is 1. The molecule has 2 spiro atoms. The molecule has 0 bridgehead atoms. The highest BCUT2D eigenvalue weighted by Gasteiger charge is 2.68. The van der Waals surface area contributed by atoms with Crippen LogP contribution in [0.15, 0.2) is 9.59 Å². The van der Waals surface area contributed by atoms with Crippen LogP contribution >= 0.6 is 0 Å². The van der Waals surface area contributed by atoms with Gasteiger partial charge in [-0.15, -0.1) is 0 Å². The smallest absolute Gasteiger partial charge is 0.334 e. The summed E-state index contributed by atoms with van der Waals surface area (Å²) >= 11 is 0. The van der Waals surface area contributed by atoms with Gasteiger partial charge in [-0.3, -0.25) is 29.0 Å². The molecule has 3 amide bonds. The SMILES string of the molecule is CCC1(CN2C(=O)N(C)C(=O)C23CC2(CCC(n4c(=O)c(C(=N)N)c(O)n(CC5CCCC5)c4=O)CC2)C3)COC1. The van der Waals surface area contributed by atoms with E-state index in [1.54, 1.807) is 11.9 Å². The van der Waals surface area contributed by atoms with Crippen LogP contribution in [-0.2, 0) is 16.1 Å². The number of carbonyl (C=O) groups excluding carboxylic acids is 2. The van der Waals surface area contributed by atoms with E-state index >= 15 is 0 Å². The largest absolute Gasteiger partial charge is 0.494 e. The molecule has 5 fully saturated rings. The number of nitrogens with zero attached hydrogens (tertiary/aromatic N) is 4. The summed E-state index contributed by atoms with van der Waals surface area (Å²) in [5.41, 5.74) is 3.05. The van der Waals surface area contributed by atoms with Crippen molar-refractivity contribution in [1.29, 1.82) is 5.41 Å². The Labute approximate surface area is 238 Å². The number of aromatic hydroxyl groups is 1. The van der Waals surface area contributed by atoms with Crippen LogP contribution in [-0.4, -0.2) is 74.2 Å². The van der Waals surface area contributed by atoms with Crippen LogP contribution in [0, 0.1) is 22.2 Å². The molecule has 3 heterocycles. The van der Waals surface area contributed by atoms with Crippen molar-refractivity contribution in [2.75, 3.05) is 26.8 Å². The number of amidine groups is 1. The quantitative estimate of drug-likeness (QED) is 0.257. The Bertz CT molecular complexity index is 1380. The number of hydrogen-bond acceptors (Lipinski definition) is 7. The summed E-state index contributed by atoms with van der Waals surface area (Å²) in [4.78, 5) is 56.7. The van der Waals surface area contributed by atoms with Crippen molar-refractivity contribution in [3.8, 4) is 5.88 Å². The fourth-order valence-corrected chi connectivity index (χ4v) is 8.42. The Kier molecular flexibility index (Phi) is 6.63. The first-order valence-corrected chi connectivity index (χ1v) is 15.1. The number of nitrogen functional groups attached to an aromatic ring is 1. The van der Waals surface area contributed by atoms with Crippen molar-refractivity contribution in [2.45, 2.75) is 95.7 Å². The zero-order valence-corrected chi connectivity index (χ0v) is 24.1. The molecule has 2 saturated heterocycles. The average molecular weight is 571 g/mol. The molecule has 4 N–H and O–H groups in total. The van der Waals surface area contributed by atoms with Gasteiger partial charge < -0.3 is 20.5 Å². The maximum atomic E-state index is 13.6. The molecule has 5 aliphatic rings. The van der Waals surface area contributed by atoms with E-state index in [0.717, 1.165) is 32.1 Å². The molecular weight excluding hydrogens is 528 g/mol. The molecule has 0 unspecified atom stereocenters. The second kappa shape index (κ2) is 9.71. The highest BCUT2D eigenvalue weighted by atomic mass is 16.5. The Balaban J connectivity index is 1.23. The third-order valence-electron chi connectivity index (χ3n) is 11.0. The maximum absolute atomic E-state index is 13.6. The topological polar surface area (TPSA) is 164 Å². The molecule has 0 radical (unpaired) electrons. The van der Waals surface area contributed by atoms with Crippen molar-refractivity contribution >= 4 is 17.8 Å². The van der Waals surface area contributed by atoms with Crippen molar-refractivity contribution in [1.82, 2.24) is 18.9 Å². The van der Waals surface area contributed by atoms with E-state index < -0.39 is 28.5 Å². The number of hydrogen-bond donors (Lipinski definition) is 3. The van der Waals surface area contributed by atoms with E-state index in [9.17, 15) is 24.3 Å². The van der Waals surface area contributed by atoms with Gasteiger partial charge in [-0.1, -0.05) is 19.8 Å². The minimum absolute atomic E-state index is 0.110. The fourth-order valence-electron chi connectivity index (χ4n) is 8.42. The zero-order chi connectivity index (χ0) is 29.3. The first kappa shape index (κ1) is 28.0. The van der Waals surface area contributed by atoms with Crippen molar-refractivity contribution in [2.24, 2.45) is 22.5 Å². The van der Waals surface area contributed by atoms with Crippen molar-refractivity contribution < 1.29 is 19.4 Å². The van der Waals surface area contributed by atoms with Gasteiger partial charge in [0.1, 0.15) is 16.9 Å². The summed E-state index contributed by atoms with van der Waals surface area (Å²) in [6.07, 6.45) is 8.62. The maximum Gasteiger partial charge on any atom is 0.334 e. The van der Waals surface area contributed by atoms with Gasteiger partial charge >= 0.3 is 11.7 Å². The lowest BCUT2D eigenvalue weighted by molar-refractivity contribution is -0.163. The average Bonchev–Trinajstić information content (AvgIpc) is 3.47.